The van der Waals surface area contributed by atoms with Crippen molar-refractivity contribution in [1.82, 2.24) is 4.57 Å². The van der Waals surface area contributed by atoms with Gasteiger partial charge < -0.3 is 18.9 Å². The van der Waals surface area contributed by atoms with Gasteiger partial charge in [0.05, 0.1) is 47.1 Å². The van der Waals surface area contributed by atoms with Gasteiger partial charge in [-0.1, -0.05) is 65.9 Å². The zero-order valence-electron chi connectivity index (χ0n) is 25.7. The van der Waals surface area contributed by atoms with Gasteiger partial charge in [-0.05, 0) is 87.6 Å². The highest BCUT2D eigenvalue weighted by Gasteiger charge is 2.33. The van der Waals surface area contributed by atoms with E-state index in [1.165, 1.54) is 11.3 Å². The van der Waals surface area contributed by atoms with E-state index in [0.717, 1.165) is 21.9 Å². The Hall–Kier alpha value is -4.67. The highest BCUT2D eigenvalue weighted by molar-refractivity contribution is 9.10. The molecule has 0 saturated heterocycles. The lowest BCUT2D eigenvalue weighted by Gasteiger charge is -2.25. The Morgan fingerprint density at radius 2 is 1.74 bits per heavy atom. The van der Waals surface area contributed by atoms with E-state index in [-0.39, 0.29) is 12.2 Å². The number of carbonyl (C=O) groups excluding carboxylic acids is 1. The molecule has 0 spiro atoms. The number of benzene rings is 4. The van der Waals surface area contributed by atoms with E-state index in [2.05, 4.69) is 45.2 Å². The monoisotopic (exact) mass is 698 g/mol. The molecule has 1 atom stereocenters. The minimum Gasteiger partial charge on any atom is -0.496 e. The van der Waals surface area contributed by atoms with Gasteiger partial charge in [0, 0.05) is 0 Å². The number of ether oxygens (including phenoxy) is 4. The van der Waals surface area contributed by atoms with E-state index in [4.69, 9.17) is 18.9 Å². The quantitative estimate of drug-likeness (QED) is 0.168. The number of aromatic nitrogens is 1. The molecule has 234 valence electrons. The molecular formula is C36H31BrN2O6S. The first-order chi connectivity index (χ1) is 22.3. The van der Waals surface area contributed by atoms with Gasteiger partial charge in [-0.3, -0.25) is 9.36 Å². The van der Waals surface area contributed by atoms with E-state index in [9.17, 15) is 9.59 Å². The van der Waals surface area contributed by atoms with Crippen molar-refractivity contribution in [3.05, 3.63) is 131 Å². The van der Waals surface area contributed by atoms with Crippen molar-refractivity contribution in [2.75, 3.05) is 20.8 Å². The van der Waals surface area contributed by atoms with Crippen molar-refractivity contribution in [2.24, 2.45) is 4.99 Å². The zero-order chi connectivity index (χ0) is 32.4. The van der Waals surface area contributed by atoms with E-state index in [0.29, 0.717) is 54.5 Å². The number of thiazole rings is 1. The standard InChI is InChI=1S/C36H31BrN2O6S/c1-5-44-35(41)32-21(2)38-36-39(33(32)24-14-16-28(42-3)27(37)19-24)34(40)31(46-36)18-22-13-15-29(30(17-22)43-4)45-20-25-11-8-10-23-9-6-7-12-26(23)25/h6-19,33H,5,20H2,1-4H3/b31-18+/t33-/m1/s1. The minimum atomic E-state index is -0.737. The predicted octanol–water partition coefficient (Wildman–Crippen LogP) is 6.31. The number of carbonyl (C=O) groups is 1. The molecule has 0 fully saturated rings. The maximum atomic E-state index is 14.0. The smallest absolute Gasteiger partial charge is 0.338 e. The van der Waals surface area contributed by atoms with Crippen LogP contribution in [0, 0.1) is 0 Å². The number of allylic oxidation sites excluding steroid dienone is 1. The molecule has 6 rings (SSSR count). The summed E-state index contributed by atoms with van der Waals surface area (Å²) in [4.78, 5) is 32.4. The Kier molecular flexibility index (Phi) is 9.10. The van der Waals surface area contributed by atoms with Crippen LogP contribution >= 0.6 is 27.3 Å². The van der Waals surface area contributed by atoms with Crippen molar-refractivity contribution in [3.63, 3.8) is 0 Å². The second-order valence-corrected chi connectivity index (χ2v) is 12.4. The molecule has 1 aliphatic rings. The lowest BCUT2D eigenvalue weighted by molar-refractivity contribution is -0.139. The van der Waals surface area contributed by atoms with Crippen molar-refractivity contribution in [1.29, 1.82) is 0 Å². The molecule has 5 aromatic rings. The maximum Gasteiger partial charge on any atom is 0.338 e. The number of halogens is 1. The number of hydrogen-bond acceptors (Lipinski definition) is 8. The third-order valence-electron chi connectivity index (χ3n) is 7.76. The molecule has 0 amide bonds. The summed E-state index contributed by atoms with van der Waals surface area (Å²) in [5.74, 6) is 1.25. The lowest BCUT2D eigenvalue weighted by atomic mass is 9.96. The van der Waals surface area contributed by atoms with Crippen molar-refractivity contribution in [3.8, 4) is 17.2 Å². The van der Waals surface area contributed by atoms with E-state index in [1.807, 2.05) is 48.5 Å². The van der Waals surface area contributed by atoms with Crippen molar-refractivity contribution >= 4 is 50.1 Å². The summed E-state index contributed by atoms with van der Waals surface area (Å²) in [5, 5.41) is 2.29. The summed E-state index contributed by atoms with van der Waals surface area (Å²) >= 11 is 4.80. The third-order valence-corrected chi connectivity index (χ3v) is 9.36. The first-order valence-corrected chi connectivity index (χ1v) is 16.2. The second-order valence-electron chi connectivity index (χ2n) is 10.5. The SMILES string of the molecule is CCOC(=O)C1=C(C)N=c2s/c(=C/c3ccc(OCc4cccc5ccccc45)c(OC)c3)c(=O)n2[C@@H]1c1ccc(OC)c(Br)c1. The Labute approximate surface area is 278 Å². The lowest BCUT2D eigenvalue weighted by Crippen LogP contribution is -2.39. The van der Waals surface area contributed by atoms with Gasteiger partial charge in [0.25, 0.3) is 5.56 Å². The Morgan fingerprint density at radius 3 is 2.50 bits per heavy atom. The van der Waals surface area contributed by atoms with Gasteiger partial charge in [0.1, 0.15) is 12.4 Å². The maximum absolute atomic E-state index is 14.0. The summed E-state index contributed by atoms with van der Waals surface area (Å²) in [6.45, 7) is 4.08. The Balaban J connectivity index is 1.38. The average molecular weight is 700 g/mol. The fourth-order valence-electron chi connectivity index (χ4n) is 5.58. The van der Waals surface area contributed by atoms with Crippen LogP contribution in [0.5, 0.6) is 17.2 Å². The number of rotatable bonds is 9. The van der Waals surface area contributed by atoms with Crippen LogP contribution in [-0.2, 0) is 16.1 Å². The molecule has 8 nitrogen and oxygen atoms in total. The molecule has 1 aliphatic heterocycles. The molecule has 0 bridgehead atoms. The molecule has 46 heavy (non-hydrogen) atoms. The van der Waals surface area contributed by atoms with Crippen LogP contribution < -0.4 is 29.1 Å². The van der Waals surface area contributed by atoms with E-state index in [1.54, 1.807) is 44.8 Å². The van der Waals surface area contributed by atoms with Gasteiger partial charge in [0.2, 0.25) is 0 Å². The second kappa shape index (κ2) is 13.4. The number of nitrogens with zero attached hydrogens (tertiary/aromatic N) is 2. The summed E-state index contributed by atoms with van der Waals surface area (Å²) in [6.07, 6.45) is 1.80. The first-order valence-electron chi connectivity index (χ1n) is 14.6. The molecule has 0 radical (unpaired) electrons. The van der Waals surface area contributed by atoms with Gasteiger partial charge in [-0.15, -0.1) is 0 Å². The summed E-state index contributed by atoms with van der Waals surface area (Å²) in [5.41, 5.74) is 3.08. The molecule has 4 aromatic carbocycles. The summed E-state index contributed by atoms with van der Waals surface area (Å²) < 4.78 is 25.4. The van der Waals surface area contributed by atoms with Crippen LogP contribution in [0.1, 0.15) is 36.6 Å². The van der Waals surface area contributed by atoms with Crippen LogP contribution in [0.4, 0.5) is 0 Å². The number of esters is 1. The van der Waals surface area contributed by atoms with Crippen molar-refractivity contribution < 1.29 is 23.7 Å². The van der Waals surface area contributed by atoms with Crippen LogP contribution in [0.25, 0.3) is 16.8 Å². The fourth-order valence-corrected chi connectivity index (χ4v) is 7.18. The summed E-state index contributed by atoms with van der Waals surface area (Å²) in [7, 11) is 3.17. The largest absolute Gasteiger partial charge is 0.496 e. The van der Waals surface area contributed by atoms with Gasteiger partial charge >= 0.3 is 5.97 Å². The topological polar surface area (TPSA) is 88.4 Å². The molecule has 1 aromatic heterocycles. The molecule has 0 unspecified atom stereocenters. The highest BCUT2D eigenvalue weighted by Crippen LogP contribution is 2.35. The zero-order valence-corrected chi connectivity index (χ0v) is 28.1. The van der Waals surface area contributed by atoms with E-state index >= 15 is 0 Å². The highest BCUT2D eigenvalue weighted by atomic mass is 79.9. The molecule has 0 N–H and O–H groups in total. The minimum absolute atomic E-state index is 0.197. The molecule has 2 heterocycles. The van der Waals surface area contributed by atoms with Crippen LogP contribution in [-0.4, -0.2) is 31.4 Å². The van der Waals surface area contributed by atoms with Crippen LogP contribution in [0.3, 0.4) is 0 Å². The third kappa shape index (κ3) is 5.98. The number of hydrogen-bond donors (Lipinski definition) is 0. The van der Waals surface area contributed by atoms with Gasteiger partial charge in [0.15, 0.2) is 16.3 Å². The predicted molar refractivity (Wildman–Crippen MR) is 182 cm³/mol. The van der Waals surface area contributed by atoms with Gasteiger partial charge in [-0.2, -0.15) is 0 Å². The first kappa shape index (κ1) is 31.3. The van der Waals surface area contributed by atoms with Crippen molar-refractivity contribution in [2.45, 2.75) is 26.5 Å². The number of methoxy groups -OCH3 is 2. The fraction of sp³-hybridized carbons (Fsp3) is 0.194. The summed E-state index contributed by atoms with van der Waals surface area (Å²) in [6, 6.07) is 24.7. The normalized spacial score (nSPS) is 14.5. The Morgan fingerprint density at radius 1 is 0.978 bits per heavy atom. The molecule has 0 aliphatic carbocycles. The molecular weight excluding hydrogens is 668 g/mol. The van der Waals surface area contributed by atoms with E-state index < -0.39 is 12.0 Å². The number of fused-ring (bicyclic) bond motifs is 2. The average Bonchev–Trinajstić information content (AvgIpc) is 3.36. The van der Waals surface area contributed by atoms with Crippen LogP contribution in [0.2, 0.25) is 0 Å². The molecule has 10 heteroatoms. The van der Waals surface area contributed by atoms with Crippen LogP contribution in [0.15, 0.2) is 104 Å². The molecule has 0 saturated carbocycles. The Bertz CT molecular complexity index is 2180. The van der Waals surface area contributed by atoms with Gasteiger partial charge in [-0.25, -0.2) is 9.79 Å².